The van der Waals surface area contributed by atoms with Crippen LogP contribution in [0.1, 0.15) is 5.69 Å². The number of phenols is 1. The summed E-state index contributed by atoms with van der Waals surface area (Å²) in [6.45, 7) is 1.86. The van der Waals surface area contributed by atoms with Gasteiger partial charge in [-0.05, 0) is 61.5 Å². The number of aryl methyl sites for hydroxylation is 1. The van der Waals surface area contributed by atoms with E-state index in [1.54, 1.807) is 57.7 Å². The number of nitrogens with two attached hydrogens (primary N) is 1. The topological polar surface area (TPSA) is 119 Å². The summed E-state index contributed by atoms with van der Waals surface area (Å²) >= 11 is 12.9. The van der Waals surface area contributed by atoms with Gasteiger partial charge in [-0.2, -0.15) is 10.2 Å². The summed E-state index contributed by atoms with van der Waals surface area (Å²) in [5.41, 5.74) is 11.2. The Labute approximate surface area is 232 Å². The van der Waals surface area contributed by atoms with Gasteiger partial charge in [0, 0.05) is 10.6 Å². The number of fused-ring (bicyclic) bond motifs is 1. The van der Waals surface area contributed by atoms with Crippen LogP contribution >= 0.6 is 23.2 Å². The lowest BCUT2D eigenvalue weighted by atomic mass is 10.1. The molecule has 6 rings (SSSR count). The van der Waals surface area contributed by atoms with Crippen LogP contribution in [0.5, 0.6) is 5.75 Å². The maximum Gasteiger partial charge on any atom is 0.186 e. The molecule has 39 heavy (non-hydrogen) atoms. The highest BCUT2D eigenvalue weighted by Gasteiger charge is 2.24. The minimum atomic E-state index is 0.0694. The van der Waals surface area contributed by atoms with E-state index >= 15 is 0 Å². The van der Waals surface area contributed by atoms with Gasteiger partial charge in [0.15, 0.2) is 17.2 Å². The number of hydrogen-bond acceptors (Lipinski definition) is 7. The maximum atomic E-state index is 10.6. The maximum absolute atomic E-state index is 10.6. The van der Waals surface area contributed by atoms with Gasteiger partial charge in [0.05, 0.1) is 34.0 Å². The average molecular weight is 555 g/mol. The van der Waals surface area contributed by atoms with E-state index in [1.807, 2.05) is 43.3 Å². The van der Waals surface area contributed by atoms with Crippen LogP contribution in [0, 0.1) is 6.92 Å². The van der Waals surface area contributed by atoms with Crippen molar-refractivity contribution in [2.75, 3.05) is 5.73 Å². The van der Waals surface area contributed by atoms with Crippen molar-refractivity contribution >= 4 is 46.0 Å². The second-order valence-corrected chi connectivity index (χ2v) is 9.48. The largest absolute Gasteiger partial charge is 0.507 e. The molecule has 0 unspecified atom stereocenters. The summed E-state index contributed by atoms with van der Waals surface area (Å²) in [6.07, 6.45) is 0. The van der Waals surface area contributed by atoms with Crippen LogP contribution in [0.15, 0.2) is 95.2 Å². The summed E-state index contributed by atoms with van der Waals surface area (Å²) in [6, 6.07) is 25.2. The summed E-state index contributed by atoms with van der Waals surface area (Å²) in [7, 11) is 0. The van der Waals surface area contributed by atoms with Crippen LogP contribution in [0.2, 0.25) is 10.2 Å². The molecule has 3 aromatic carbocycles. The number of benzene rings is 3. The molecule has 0 spiro atoms. The van der Waals surface area contributed by atoms with E-state index < -0.39 is 0 Å². The predicted molar refractivity (Wildman–Crippen MR) is 152 cm³/mol. The van der Waals surface area contributed by atoms with Crippen molar-refractivity contribution in [3.05, 3.63) is 101 Å². The van der Waals surface area contributed by atoms with Crippen molar-refractivity contribution in [3.63, 3.8) is 0 Å². The number of hydrogen-bond donors (Lipinski definition) is 2. The Morgan fingerprint density at radius 2 is 1.59 bits per heavy atom. The molecule has 11 heteroatoms. The molecule has 9 nitrogen and oxygen atoms in total. The van der Waals surface area contributed by atoms with E-state index in [0.29, 0.717) is 49.7 Å². The van der Waals surface area contributed by atoms with E-state index in [9.17, 15) is 5.11 Å². The third kappa shape index (κ3) is 4.47. The molecule has 0 atom stereocenters. The number of halogens is 2. The van der Waals surface area contributed by atoms with Gasteiger partial charge in [0.25, 0.3) is 0 Å². The Morgan fingerprint density at radius 1 is 0.872 bits per heavy atom. The zero-order valence-electron chi connectivity index (χ0n) is 20.5. The molecule has 0 bridgehead atoms. The number of nitrogens with zero attached hydrogens (tertiary/aromatic N) is 7. The number of aromatic hydroxyl groups is 1. The van der Waals surface area contributed by atoms with E-state index in [-0.39, 0.29) is 17.3 Å². The quantitative estimate of drug-likeness (QED) is 0.213. The molecule has 0 aliphatic carbocycles. The fraction of sp³-hybridized carbons (Fsp3) is 0.0357. The van der Waals surface area contributed by atoms with Gasteiger partial charge in [-0.15, -0.1) is 10.2 Å². The summed E-state index contributed by atoms with van der Waals surface area (Å²) in [4.78, 5) is 4.78. The van der Waals surface area contributed by atoms with Crippen molar-refractivity contribution < 1.29 is 5.11 Å². The number of anilines is 1. The molecule has 0 amide bonds. The van der Waals surface area contributed by atoms with Crippen molar-refractivity contribution in [1.82, 2.24) is 24.4 Å². The fourth-order valence-electron chi connectivity index (χ4n) is 4.27. The van der Waals surface area contributed by atoms with Crippen LogP contribution in [0.3, 0.4) is 0 Å². The molecular weight excluding hydrogens is 535 g/mol. The number of rotatable bonds is 5. The molecule has 0 saturated heterocycles. The number of para-hydroxylation sites is 2. The lowest BCUT2D eigenvalue weighted by molar-refractivity contribution is 0.477. The van der Waals surface area contributed by atoms with Crippen molar-refractivity contribution in [2.24, 2.45) is 10.2 Å². The third-order valence-corrected chi connectivity index (χ3v) is 6.72. The fourth-order valence-corrected chi connectivity index (χ4v) is 4.77. The van der Waals surface area contributed by atoms with Gasteiger partial charge >= 0.3 is 0 Å². The van der Waals surface area contributed by atoms with E-state index in [1.165, 1.54) is 0 Å². The molecule has 3 aromatic heterocycles. The third-order valence-electron chi connectivity index (χ3n) is 6.12. The van der Waals surface area contributed by atoms with Gasteiger partial charge < -0.3 is 10.8 Å². The zero-order chi connectivity index (χ0) is 27.1. The molecule has 6 aromatic rings. The Kier molecular flexibility index (Phi) is 6.22. The number of azo groups is 1. The minimum absolute atomic E-state index is 0.0694. The van der Waals surface area contributed by atoms with E-state index in [0.717, 1.165) is 5.69 Å². The van der Waals surface area contributed by atoms with Gasteiger partial charge in [-0.25, -0.2) is 14.2 Å². The van der Waals surface area contributed by atoms with E-state index in [2.05, 4.69) is 20.4 Å². The summed E-state index contributed by atoms with van der Waals surface area (Å²) in [5.74, 6) is 0.194. The van der Waals surface area contributed by atoms with E-state index in [4.69, 9.17) is 33.9 Å². The Balaban J connectivity index is 1.60. The predicted octanol–water partition coefficient (Wildman–Crippen LogP) is 7.57. The number of nitrogen functional groups attached to an aromatic ring is 1. The summed E-state index contributed by atoms with van der Waals surface area (Å²) < 4.78 is 3.23. The number of aromatic nitrogens is 5. The lowest BCUT2D eigenvalue weighted by Crippen LogP contribution is -2.00. The molecule has 0 radical (unpaired) electrons. The van der Waals surface area contributed by atoms with Crippen LogP contribution in [0.4, 0.5) is 17.2 Å². The SMILES string of the molecule is Cc1nn(-c2ccccc2)c(Cl)c1-c1cc(-c2ccccc2O)nc2c(N=Nc3ccc(Cl)cc3)c(N)nn12. The standard InChI is InChI=1S/C28H20Cl2N8O/c1-16-24(26(30)37(35-16)19-7-3-2-4-8-19)22-15-21(20-9-5-6-10-23(20)39)32-28-25(27(31)36-38(22)28)34-33-18-13-11-17(29)12-14-18/h2-15,39H,1H3,(H2,31,36). The van der Waals surface area contributed by atoms with Gasteiger partial charge in [-0.3, -0.25) is 0 Å². The smallest absolute Gasteiger partial charge is 0.186 e. The monoisotopic (exact) mass is 554 g/mol. The van der Waals surface area contributed by atoms with Crippen molar-refractivity contribution in [1.29, 1.82) is 0 Å². The minimum Gasteiger partial charge on any atom is -0.507 e. The molecule has 0 fully saturated rings. The van der Waals surface area contributed by atoms with Gasteiger partial charge in [-0.1, -0.05) is 53.5 Å². The highest BCUT2D eigenvalue weighted by atomic mass is 35.5. The zero-order valence-corrected chi connectivity index (χ0v) is 22.0. The van der Waals surface area contributed by atoms with Crippen LogP contribution in [-0.2, 0) is 0 Å². The van der Waals surface area contributed by atoms with Crippen LogP contribution < -0.4 is 5.73 Å². The van der Waals surface area contributed by atoms with Gasteiger partial charge in [0.1, 0.15) is 10.9 Å². The highest BCUT2D eigenvalue weighted by Crippen LogP contribution is 2.39. The highest BCUT2D eigenvalue weighted by molar-refractivity contribution is 6.32. The van der Waals surface area contributed by atoms with Crippen molar-refractivity contribution in [3.8, 4) is 34.0 Å². The summed E-state index contributed by atoms with van der Waals surface area (Å²) in [5, 5.41) is 29.5. The molecule has 0 saturated carbocycles. The first-order chi connectivity index (χ1) is 18.9. The van der Waals surface area contributed by atoms with Crippen LogP contribution in [-0.4, -0.2) is 29.5 Å². The molecule has 0 aliphatic heterocycles. The Bertz CT molecular complexity index is 1860. The van der Waals surface area contributed by atoms with Crippen molar-refractivity contribution in [2.45, 2.75) is 6.92 Å². The first-order valence-corrected chi connectivity index (χ1v) is 12.6. The normalized spacial score (nSPS) is 11.6. The lowest BCUT2D eigenvalue weighted by Gasteiger charge is -2.10. The second-order valence-electron chi connectivity index (χ2n) is 8.69. The molecule has 3 N–H and O–H groups in total. The second kappa shape index (κ2) is 9.86. The Hall–Kier alpha value is -4.73. The first-order valence-electron chi connectivity index (χ1n) is 11.9. The molecular formula is C28H20Cl2N8O. The van der Waals surface area contributed by atoms with Crippen LogP contribution in [0.25, 0.3) is 33.8 Å². The molecule has 0 aliphatic rings. The molecule has 192 valence electrons. The first kappa shape index (κ1) is 24.6. The number of phenolic OH excluding ortho intramolecular Hbond substituents is 1. The average Bonchev–Trinajstić information content (AvgIpc) is 3.42. The Morgan fingerprint density at radius 3 is 2.33 bits per heavy atom. The van der Waals surface area contributed by atoms with Gasteiger partial charge in [0.2, 0.25) is 0 Å². The molecule has 3 heterocycles.